The molecule has 1 N–H and O–H groups in total. The predicted molar refractivity (Wildman–Crippen MR) is 92.5 cm³/mol. The van der Waals surface area contributed by atoms with E-state index in [0.29, 0.717) is 31.1 Å². The fourth-order valence-electron chi connectivity index (χ4n) is 2.83. The van der Waals surface area contributed by atoms with Gasteiger partial charge in [0.15, 0.2) is 0 Å². The molecule has 1 aliphatic carbocycles. The average molecular weight is 365 g/mol. The summed E-state index contributed by atoms with van der Waals surface area (Å²) in [4.78, 5) is 25.2. The van der Waals surface area contributed by atoms with E-state index in [9.17, 15) is 18.0 Å². The molecule has 1 heterocycles. The van der Waals surface area contributed by atoms with Crippen LogP contribution in [0.15, 0.2) is 29.2 Å². The molecular weight excluding hydrogens is 342 g/mol. The Kier molecular flexibility index (Phi) is 5.10. The highest BCUT2D eigenvalue weighted by molar-refractivity contribution is 7.89. The van der Waals surface area contributed by atoms with Crippen molar-refractivity contribution in [3.63, 3.8) is 0 Å². The van der Waals surface area contributed by atoms with Gasteiger partial charge in [0.2, 0.25) is 15.9 Å². The highest BCUT2D eigenvalue weighted by Gasteiger charge is 2.29. The molecule has 7 nitrogen and oxygen atoms in total. The largest absolute Gasteiger partial charge is 0.352 e. The number of hydrogen-bond donors (Lipinski definition) is 1. The number of nitrogens with zero attached hydrogens (tertiary/aromatic N) is 2. The minimum absolute atomic E-state index is 0.0430. The maximum Gasteiger partial charge on any atom is 0.251 e. The lowest BCUT2D eigenvalue weighted by Crippen LogP contribution is -2.49. The fraction of sp³-hybridized carbons (Fsp3) is 0.529. The van der Waals surface area contributed by atoms with Gasteiger partial charge in [0.25, 0.3) is 5.91 Å². The number of amides is 2. The Hall–Kier alpha value is -1.93. The Labute approximate surface area is 148 Å². The standard InChI is InChI=1S/C17H23N3O4S/c1-13(21)19-8-10-20(11-9-19)25(23,24)16-6-4-15(5-7-16)17(22)18-12-14-2-3-14/h4-7,14H,2-3,8-12H2,1H3,(H,18,22). The Morgan fingerprint density at radius 1 is 1.08 bits per heavy atom. The zero-order valence-electron chi connectivity index (χ0n) is 14.3. The number of rotatable bonds is 5. The molecule has 0 bridgehead atoms. The zero-order chi connectivity index (χ0) is 18.0. The van der Waals surface area contributed by atoms with Crippen LogP contribution in [0.1, 0.15) is 30.1 Å². The second kappa shape index (κ2) is 7.13. The summed E-state index contributed by atoms with van der Waals surface area (Å²) in [6.07, 6.45) is 2.32. The third kappa shape index (κ3) is 4.19. The van der Waals surface area contributed by atoms with Crippen LogP contribution in [0.3, 0.4) is 0 Å². The summed E-state index contributed by atoms with van der Waals surface area (Å²) < 4.78 is 26.8. The number of carbonyl (C=O) groups excluding carboxylic acids is 2. The van der Waals surface area contributed by atoms with Crippen molar-refractivity contribution in [1.82, 2.24) is 14.5 Å². The third-order valence-electron chi connectivity index (χ3n) is 4.69. The summed E-state index contributed by atoms with van der Waals surface area (Å²) in [5, 5.41) is 2.86. The van der Waals surface area contributed by atoms with Gasteiger partial charge in [0.1, 0.15) is 0 Å². The van der Waals surface area contributed by atoms with Crippen LogP contribution in [0.25, 0.3) is 0 Å². The van der Waals surface area contributed by atoms with Crippen LogP contribution in [-0.2, 0) is 14.8 Å². The molecule has 0 aromatic heterocycles. The Morgan fingerprint density at radius 3 is 2.20 bits per heavy atom. The van der Waals surface area contributed by atoms with Crippen molar-refractivity contribution in [1.29, 1.82) is 0 Å². The second-order valence-electron chi connectivity index (χ2n) is 6.59. The van der Waals surface area contributed by atoms with Crippen molar-refractivity contribution in [2.75, 3.05) is 32.7 Å². The molecule has 25 heavy (non-hydrogen) atoms. The Balaban J connectivity index is 1.64. The van der Waals surface area contributed by atoms with Crippen molar-refractivity contribution in [3.8, 4) is 0 Å². The van der Waals surface area contributed by atoms with E-state index < -0.39 is 10.0 Å². The quantitative estimate of drug-likeness (QED) is 0.831. The van der Waals surface area contributed by atoms with Gasteiger partial charge in [0.05, 0.1) is 4.90 Å². The van der Waals surface area contributed by atoms with E-state index >= 15 is 0 Å². The normalized spacial score (nSPS) is 18.8. The molecule has 0 spiro atoms. The van der Waals surface area contributed by atoms with Crippen molar-refractivity contribution in [2.45, 2.75) is 24.7 Å². The van der Waals surface area contributed by atoms with Crippen molar-refractivity contribution in [3.05, 3.63) is 29.8 Å². The lowest BCUT2D eigenvalue weighted by atomic mass is 10.2. The molecule has 8 heteroatoms. The summed E-state index contributed by atoms with van der Waals surface area (Å²) in [5.41, 5.74) is 0.459. The van der Waals surface area contributed by atoms with Gasteiger partial charge in [-0.1, -0.05) is 0 Å². The summed E-state index contributed by atoms with van der Waals surface area (Å²) in [6.45, 7) is 3.53. The lowest BCUT2D eigenvalue weighted by Gasteiger charge is -2.33. The summed E-state index contributed by atoms with van der Waals surface area (Å²) in [5.74, 6) is 0.377. The maximum absolute atomic E-state index is 12.7. The van der Waals surface area contributed by atoms with Gasteiger partial charge in [-0.05, 0) is 43.0 Å². The van der Waals surface area contributed by atoms with Gasteiger partial charge in [-0.15, -0.1) is 0 Å². The van der Waals surface area contributed by atoms with Crippen LogP contribution in [0.2, 0.25) is 0 Å². The summed E-state index contributed by atoms with van der Waals surface area (Å²) >= 11 is 0. The first kappa shape index (κ1) is 17.9. The molecule has 1 saturated heterocycles. The molecular formula is C17H23N3O4S. The van der Waals surface area contributed by atoms with E-state index in [-0.39, 0.29) is 29.8 Å². The smallest absolute Gasteiger partial charge is 0.251 e. The van der Waals surface area contributed by atoms with E-state index in [4.69, 9.17) is 0 Å². The zero-order valence-corrected chi connectivity index (χ0v) is 15.1. The summed E-state index contributed by atoms with van der Waals surface area (Å²) in [7, 11) is -3.61. The average Bonchev–Trinajstić information content (AvgIpc) is 3.44. The van der Waals surface area contributed by atoms with Crippen LogP contribution in [0.4, 0.5) is 0 Å². The first-order chi connectivity index (χ1) is 11.9. The molecule has 1 aliphatic heterocycles. The SMILES string of the molecule is CC(=O)N1CCN(S(=O)(=O)c2ccc(C(=O)NCC3CC3)cc2)CC1. The van der Waals surface area contributed by atoms with Gasteiger partial charge in [-0.3, -0.25) is 9.59 Å². The van der Waals surface area contributed by atoms with Crippen LogP contribution >= 0.6 is 0 Å². The number of benzene rings is 1. The molecule has 2 amide bonds. The topological polar surface area (TPSA) is 86.8 Å². The summed E-state index contributed by atoms with van der Waals surface area (Å²) in [6, 6.07) is 6.03. The van der Waals surface area contributed by atoms with Crippen LogP contribution in [0.5, 0.6) is 0 Å². The number of carbonyl (C=O) groups is 2. The molecule has 0 unspecified atom stereocenters. The van der Waals surface area contributed by atoms with Gasteiger partial charge in [0, 0.05) is 45.2 Å². The lowest BCUT2D eigenvalue weighted by molar-refractivity contribution is -0.129. The molecule has 2 fully saturated rings. The van der Waals surface area contributed by atoms with Crippen LogP contribution in [-0.4, -0.2) is 62.2 Å². The molecule has 1 aromatic rings. The van der Waals surface area contributed by atoms with Crippen LogP contribution < -0.4 is 5.32 Å². The molecule has 2 aliphatic rings. The van der Waals surface area contributed by atoms with E-state index in [0.717, 1.165) is 12.8 Å². The number of piperazine rings is 1. The minimum atomic E-state index is -3.61. The highest BCUT2D eigenvalue weighted by atomic mass is 32.2. The van der Waals surface area contributed by atoms with E-state index in [1.165, 1.54) is 23.4 Å². The van der Waals surface area contributed by atoms with Crippen molar-refractivity contribution >= 4 is 21.8 Å². The monoisotopic (exact) mass is 365 g/mol. The van der Waals surface area contributed by atoms with Gasteiger partial charge in [-0.2, -0.15) is 4.31 Å². The predicted octanol–water partition coefficient (Wildman–Crippen LogP) is 0.679. The Bertz CT molecular complexity index is 749. The van der Waals surface area contributed by atoms with E-state index in [1.807, 2.05) is 0 Å². The number of nitrogens with one attached hydrogen (secondary N) is 1. The fourth-order valence-corrected chi connectivity index (χ4v) is 4.25. The molecule has 1 saturated carbocycles. The van der Waals surface area contributed by atoms with Gasteiger partial charge >= 0.3 is 0 Å². The van der Waals surface area contributed by atoms with E-state index in [1.54, 1.807) is 17.0 Å². The number of sulfonamides is 1. The molecule has 136 valence electrons. The molecule has 3 rings (SSSR count). The first-order valence-corrected chi connectivity index (χ1v) is 9.96. The number of hydrogen-bond acceptors (Lipinski definition) is 4. The first-order valence-electron chi connectivity index (χ1n) is 8.52. The van der Waals surface area contributed by atoms with Crippen molar-refractivity contribution < 1.29 is 18.0 Å². The van der Waals surface area contributed by atoms with Gasteiger partial charge in [-0.25, -0.2) is 8.42 Å². The third-order valence-corrected chi connectivity index (χ3v) is 6.60. The highest BCUT2D eigenvalue weighted by Crippen LogP contribution is 2.27. The maximum atomic E-state index is 12.7. The van der Waals surface area contributed by atoms with E-state index in [2.05, 4.69) is 5.32 Å². The van der Waals surface area contributed by atoms with Crippen molar-refractivity contribution in [2.24, 2.45) is 5.92 Å². The van der Waals surface area contributed by atoms with Gasteiger partial charge < -0.3 is 10.2 Å². The molecule has 0 radical (unpaired) electrons. The minimum Gasteiger partial charge on any atom is -0.352 e. The van der Waals surface area contributed by atoms with Crippen LogP contribution in [0, 0.1) is 5.92 Å². The molecule has 1 aromatic carbocycles. The Morgan fingerprint density at radius 2 is 1.68 bits per heavy atom. The molecule has 0 atom stereocenters. The second-order valence-corrected chi connectivity index (χ2v) is 8.53.